The van der Waals surface area contributed by atoms with E-state index in [9.17, 15) is 0 Å². The predicted molar refractivity (Wildman–Crippen MR) is 89.9 cm³/mol. The highest BCUT2D eigenvalue weighted by atomic mass is 79.9. The number of nitrogens with zero attached hydrogens (tertiary/aromatic N) is 1. The number of morpholine rings is 1. The maximum absolute atomic E-state index is 5.70. The average Bonchev–Trinajstić information content (AvgIpc) is 2.47. The molecule has 0 aliphatic carbocycles. The standard InChI is InChI=1S/C16H25BrN2O2/c1-12-11-21-13(2)10-19(12)15-5-4-14(16(17)8-15)9-18-6-7-20-3/h4-5,8,12-13,18H,6-7,9-11H2,1-3H3. The number of ether oxygens (including phenoxy) is 2. The summed E-state index contributed by atoms with van der Waals surface area (Å²) in [5.74, 6) is 0. The zero-order valence-electron chi connectivity index (χ0n) is 13.1. The molecular formula is C16H25BrN2O2. The highest BCUT2D eigenvalue weighted by Gasteiger charge is 2.23. The lowest BCUT2D eigenvalue weighted by molar-refractivity contribution is 0.0344. The van der Waals surface area contributed by atoms with Crippen molar-refractivity contribution in [1.29, 1.82) is 0 Å². The first-order chi connectivity index (χ1) is 10.1. The molecule has 1 aliphatic rings. The van der Waals surface area contributed by atoms with Crippen LogP contribution in [-0.2, 0) is 16.0 Å². The molecule has 1 fully saturated rings. The number of hydrogen-bond acceptors (Lipinski definition) is 4. The van der Waals surface area contributed by atoms with Gasteiger partial charge in [-0.2, -0.15) is 0 Å². The summed E-state index contributed by atoms with van der Waals surface area (Å²) < 4.78 is 11.9. The van der Waals surface area contributed by atoms with Crippen molar-refractivity contribution in [2.75, 3.05) is 38.3 Å². The van der Waals surface area contributed by atoms with E-state index in [1.165, 1.54) is 11.3 Å². The number of rotatable bonds is 6. The van der Waals surface area contributed by atoms with E-state index in [0.29, 0.717) is 6.04 Å². The minimum absolute atomic E-state index is 0.287. The molecule has 1 saturated heterocycles. The Morgan fingerprint density at radius 1 is 1.43 bits per heavy atom. The smallest absolute Gasteiger partial charge is 0.0723 e. The van der Waals surface area contributed by atoms with E-state index in [4.69, 9.17) is 9.47 Å². The average molecular weight is 357 g/mol. The molecule has 1 heterocycles. The van der Waals surface area contributed by atoms with Crippen LogP contribution in [0.1, 0.15) is 19.4 Å². The third-order valence-corrected chi connectivity index (χ3v) is 4.51. The van der Waals surface area contributed by atoms with E-state index in [1.807, 2.05) is 0 Å². The monoisotopic (exact) mass is 356 g/mol. The fourth-order valence-corrected chi connectivity index (χ4v) is 3.03. The molecule has 0 saturated carbocycles. The van der Waals surface area contributed by atoms with Gasteiger partial charge in [0.2, 0.25) is 0 Å². The van der Waals surface area contributed by atoms with E-state index in [-0.39, 0.29) is 6.10 Å². The van der Waals surface area contributed by atoms with Crippen molar-refractivity contribution >= 4 is 21.6 Å². The second kappa shape index (κ2) is 8.13. The molecule has 0 bridgehead atoms. The number of methoxy groups -OCH3 is 1. The summed E-state index contributed by atoms with van der Waals surface area (Å²) in [6.07, 6.45) is 0.287. The van der Waals surface area contributed by atoms with Crippen LogP contribution in [0.5, 0.6) is 0 Å². The van der Waals surface area contributed by atoms with Gasteiger partial charge in [0.25, 0.3) is 0 Å². The Balaban J connectivity index is 2.00. The van der Waals surface area contributed by atoms with Gasteiger partial charge in [0.05, 0.1) is 19.3 Å². The largest absolute Gasteiger partial charge is 0.383 e. The number of hydrogen-bond donors (Lipinski definition) is 1. The Morgan fingerprint density at radius 2 is 2.24 bits per heavy atom. The molecule has 0 aromatic heterocycles. The predicted octanol–water partition coefficient (Wildman–Crippen LogP) is 2.80. The van der Waals surface area contributed by atoms with Crippen molar-refractivity contribution in [3.63, 3.8) is 0 Å². The first-order valence-corrected chi connectivity index (χ1v) is 8.27. The summed E-state index contributed by atoms with van der Waals surface area (Å²) in [4.78, 5) is 2.42. The SMILES string of the molecule is COCCNCc1ccc(N2CC(C)OCC2C)cc1Br. The molecule has 0 spiro atoms. The van der Waals surface area contributed by atoms with Crippen LogP contribution in [0.2, 0.25) is 0 Å². The second-order valence-electron chi connectivity index (χ2n) is 5.59. The fourth-order valence-electron chi connectivity index (χ4n) is 2.52. The Kier molecular flexibility index (Phi) is 6.48. The van der Waals surface area contributed by atoms with Crippen molar-refractivity contribution in [2.24, 2.45) is 0 Å². The molecule has 1 aromatic carbocycles. The highest BCUT2D eigenvalue weighted by molar-refractivity contribution is 9.10. The Labute approximate surface area is 135 Å². The number of nitrogens with one attached hydrogen (secondary N) is 1. The zero-order valence-corrected chi connectivity index (χ0v) is 14.6. The van der Waals surface area contributed by atoms with Crippen LogP contribution in [0, 0.1) is 0 Å². The second-order valence-corrected chi connectivity index (χ2v) is 6.44. The lowest BCUT2D eigenvalue weighted by Gasteiger charge is -2.38. The van der Waals surface area contributed by atoms with E-state index in [2.05, 4.69) is 58.2 Å². The van der Waals surface area contributed by atoms with Crippen LogP contribution in [0.15, 0.2) is 22.7 Å². The van der Waals surface area contributed by atoms with Gasteiger partial charge in [-0.25, -0.2) is 0 Å². The normalized spacial score (nSPS) is 22.6. The third kappa shape index (κ3) is 4.68. The molecule has 118 valence electrons. The first kappa shape index (κ1) is 16.7. The highest BCUT2D eigenvalue weighted by Crippen LogP contribution is 2.27. The molecule has 2 unspecified atom stereocenters. The molecular weight excluding hydrogens is 332 g/mol. The van der Waals surface area contributed by atoms with Gasteiger partial charge in [0.15, 0.2) is 0 Å². The quantitative estimate of drug-likeness (QED) is 0.794. The van der Waals surface area contributed by atoms with Gasteiger partial charge in [0.1, 0.15) is 0 Å². The van der Waals surface area contributed by atoms with E-state index < -0.39 is 0 Å². The summed E-state index contributed by atoms with van der Waals surface area (Å²) in [7, 11) is 1.72. The maximum atomic E-state index is 5.70. The molecule has 2 rings (SSSR count). The molecule has 0 radical (unpaired) electrons. The molecule has 4 nitrogen and oxygen atoms in total. The van der Waals surface area contributed by atoms with Crippen molar-refractivity contribution in [1.82, 2.24) is 5.32 Å². The molecule has 0 amide bonds. The number of halogens is 1. The van der Waals surface area contributed by atoms with Gasteiger partial charge in [-0.1, -0.05) is 22.0 Å². The molecule has 2 atom stereocenters. The first-order valence-electron chi connectivity index (χ1n) is 7.48. The number of benzene rings is 1. The van der Waals surface area contributed by atoms with Gasteiger partial charge in [-0.15, -0.1) is 0 Å². The molecule has 21 heavy (non-hydrogen) atoms. The van der Waals surface area contributed by atoms with E-state index in [0.717, 1.165) is 37.3 Å². The summed E-state index contributed by atoms with van der Waals surface area (Å²) in [6, 6.07) is 7.01. The van der Waals surface area contributed by atoms with Crippen LogP contribution < -0.4 is 10.2 Å². The summed E-state index contributed by atoms with van der Waals surface area (Å²) >= 11 is 3.69. The van der Waals surface area contributed by atoms with Gasteiger partial charge in [0, 0.05) is 42.9 Å². The topological polar surface area (TPSA) is 33.7 Å². The van der Waals surface area contributed by atoms with Gasteiger partial charge < -0.3 is 19.7 Å². The van der Waals surface area contributed by atoms with Crippen LogP contribution >= 0.6 is 15.9 Å². The van der Waals surface area contributed by atoms with E-state index in [1.54, 1.807) is 7.11 Å². The van der Waals surface area contributed by atoms with Gasteiger partial charge in [-0.3, -0.25) is 0 Å². The van der Waals surface area contributed by atoms with Gasteiger partial charge in [-0.05, 0) is 31.5 Å². The van der Waals surface area contributed by atoms with Crippen molar-refractivity contribution in [2.45, 2.75) is 32.5 Å². The molecule has 1 aliphatic heterocycles. The molecule has 1 aromatic rings. The van der Waals surface area contributed by atoms with Crippen LogP contribution in [0.25, 0.3) is 0 Å². The van der Waals surface area contributed by atoms with Crippen molar-refractivity contribution < 1.29 is 9.47 Å². The Bertz CT molecular complexity index is 456. The molecule has 5 heteroatoms. The van der Waals surface area contributed by atoms with Gasteiger partial charge >= 0.3 is 0 Å². The third-order valence-electron chi connectivity index (χ3n) is 3.77. The van der Waals surface area contributed by atoms with E-state index >= 15 is 0 Å². The summed E-state index contributed by atoms with van der Waals surface area (Å²) in [5, 5.41) is 3.37. The van der Waals surface area contributed by atoms with Crippen molar-refractivity contribution in [3.05, 3.63) is 28.2 Å². The Morgan fingerprint density at radius 3 is 2.95 bits per heavy atom. The lowest BCUT2D eigenvalue weighted by Crippen LogP contribution is -2.47. The van der Waals surface area contributed by atoms with Crippen LogP contribution in [0.4, 0.5) is 5.69 Å². The maximum Gasteiger partial charge on any atom is 0.0723 e. The number of anilines is 1. The lowest BCUT2D eigenvalue weighted by atomic mass is 10.1. The Hall–Kier alpha value is -0.620. The zero-order chi connectivity index (χ0) is 15.2. The summed E-state index contributed by atoms with van der Waals surface area (Å²) in [5.41, 5.74) is 2.52. The van der Waals surface area contributed by atoms with Crippen LogP contribution in [0.3, 0.4) is 0 Å². The molecule has 1 N–H and O–H groups in total. The fraction of sp³-hybridized carbons (Fsp3) is 0.625. The van der Waals surface area contributed by atoms with Crippen molar-refractivity contribution in [3.8, 4) is 0 Å². The summed E-state index contributed by atoms with van der Waals surface area (Å²) in [6.45, 7) is 8.51. The van der Waals surface area contributed by atoms with Crippen LogP contribution in [-0.4, -0.2) is 45.6 Å². The minimum Gasteiger partial charge on any atom is -0.383 e. The minimum atomic E-state index is 0.287.